The van der Waals surface area contributed by atoms with Crippen molar-refractivity contribution < 1.29 is 9.53 Å². The maximum absolute atomic E-state index is 12.4. The van der Waals surface area contributed by atoms with Crippen LogP contribution in [0.15, 0.2) is 13.6 Å². The first-order chi connectivity index (χ1) is 11.6. The fourth-order valence-corrected chi connectivity index (χ4v) is 6.83. The summed E-state index contributed by atoms with van der Waals surface area (Å²) in [5.74, 6) is 1.20. The van der Waals surface area contributed by atoms with Gasteiger partial charge in [-0.15, -0.1) is 0 Å². The van der Waals surface area contributed by atoms with E-state index in [2.05, 4.69) is 38.8 Å². The van der Waals surface area contributed by atoms with Gasteiger partial charge in [0, 0.05) is 0 Å². The molecule has 1 unspecified atom stereocenters. The molecule has 24 heavy (non-hydrogen) atoms. The Kier molecular flexibility index (Phi) is 8.68. The fraction of sp³-hybridized carbons (Fsp3) is 0.529. The minimum absolute atomic E-state index is 0.294. The normalized spacial score (nSPS) is 12.4. The molecule has 2 heterocycles. The van der Waals surface area contributed by atoms with E-state index >= 15 is 0 Å². The molecule has 2 aromatic rings. The average Bonchev–Trinajstić information content (AvgIpc) is 3.11. The van der Waals surface area contributed by atoms with E-state index in [0.29, 0.717) is 4.88 Å². The number of carbonyl (C=O) groups excluding carboxylic acids is 1. The number of thiophene rings is 2. The minimum atomic E-state index is -0.310. The van der Waals surface area contributed by atoms with Crippen LogP contribution in [0.3, 0.4) is 0 Å². The van der Waals surface area contributed by atoms with Gasteiger partial charge in [-0.3, -0.25) is 0 Å². The van der Waals surface area contributed by atoms with Gasteiger partial charge in [0.1, 0.15) is 0 Å². The zero-order valence-corrected chi connectivity index (χ0v) is 18.5. The summed E-state index contributed by atoms with van der Waals surface area (Å²) in [5.41, 5.74) is 0. The number of halogens is 2. The summed E-state index contributed by atoms with van der Waals surface area (Å²) in [4.78, 5) is 13.0. The molecule has 0 saturated carbocycles. The molecule has 129 valence electrons. The van der Waals surface area contributed by atoms with Crippen LogP contribution in [0.25, 0.3) is 10.1 Å². The van der Waals surface area contributed by atoms with Gasteiger partial charge in [0.25, 0.3) is 0 Å². The van der Waals surface area contributed by atoms with Gasteiger partial charge in [-0.25, -0.2) is 0 Å². The van der Waals surface area contributed by atoms with Crippen molar-refractivity contribution in [1.82, 2.24) is 0 Å². The quantitative estimate of drug-likeness (QED) is 0.209. The standard InChI is InChI=1S/C17H20BBr2O2S2/c1-2-3-4-5-6-7-8-11(10-18)22-17(21)13-9-12-14(23-13)16(20)24-15(12)19/h9-11H,2-8H2,1H3. The van der Waals surface area contributed by atoms with Gasteiger partial charge in [0.2, 0.25) is 0 Å². The Morgan fingerprint density at radius 1 is 1.21 bits per heavy atom. The van der Waals surface area contributed by atoms with Crippen molar-refractivity contribution in [2.75, 3.05) is 0 Å². The van der Waals surface area contributed by atoms with Gasteiger partial charge in [-0.2, -0.15) is 0 Å². The number of rotatable bonds is 10. The Balaban J connectivity index is 1.86. The molecule has 0 aromatic carbocycles. The summed E-state index contributed by atoms with van der Waals surface area (Å²) in [7, 11) is 5.65. The van der Waals surface area contributed by atoms with Crippen molar-refractivity contribution in [2.45, 2.75) is 58.0 Å². The molecule has 0 N–H and O–H groups in total. The van der Waals surface area contributed by atoms with Crippen LogP contribution in [0.2, 0.25) is 0 Å². The van der Waals surface area contributed by atoms with Crippen LogP contribution in [0.4, 0.5) is 0 Å². The van der Waals surface area contributed by atoms with Crippen LogP contribution in [-0.2, 0) is 4.74 Å². The van der Waals surface area contributed by atoms with Crippen LogP contribution in [0, 0.1) is 0 Å². The monoisotopic (exact) mass is 489 g/mol. The van der Waals surface area contributed by atoms with E-state index in [0.717, 1.165) is 36.9 Å². The molecule has 0 bridgehead atoms. The SMILES string of the molecule is [B]=CC(CCCCCCCC)OC(=O)c1cc2c(Br)sc(Br)c2s1. The van der Waals surface area contributed by atoms with Gasteiger partial charge in [0.05, 0.1) is 0 Å². The molecule has 2 nitrogen and oxygen atoms in total. The van der Waals surface area contributed by atoms with E-state index < -0.39 is 0 Å². The molecule has 0 aliphatic heterocycles. The molecule has 0 aliphatic carbocycles. The summed E-state index contributed by atoms with van der Waals surface area (Å²) in [6.45, 7) is 2.21. The molecule has 0 aliphatic rings. The van der Waals surface area contributed by atoms with Gasteiger partial charge in [0.15, 0.2) is 0 Å². The molecular weight excluding hydrogens is 471 g/mol. The molecule has 2 aromatic heterocycles. The third kappa shape index (κ3) is 5.51. The van der Waals surface area contributed by atoms with Gasteiger partial charge >= 0.3 is 170 Å². The van der Waals surface area contributed by atoms with Gasteiger partial charge in [-0.1, -0.05) is 0 Å². The second-order valence-corrected chi connectivity index (χ2v) is 10.4. The number of hydrogen-bond donors (Lipinski definition) is 0. The molecule has 1 atom stereocenters. The second kappa shape index (κ2) is 10.2. The molecular formula is C17H20BBr2O2S2. The predicted octanol–water partition coefficient (Wildman–Crippen LogP) is 6.73. The molecule has 0 fully saturated rings. The number of unbranched alkanes of at least 4 members (excludes halogenated alkanes) is 5. The number of fused-ring (bicyclic) bond motifs is 1. The molecule has 0 amide bonds. The molecule has 0 saturated heterocycles. The third-order valence-electron chi connectivity index (χ3n) is 3.82. The van der Waals surface area contributed by atoms with Crippen LogP contribution >= 0.6 is 54.5 Å². The van der Waals surface area contributed by atoms with Crippen molar-refractivity contribution in [2.24, 2.45) is 0 Å². The van der Waals surface area contributed by atoms with Crippen molar-refractivity contribution in [3.63, 3.8) is 0 Å². The van der Waals surface area contributed by atoms with E-state index in [1.165, 1.54) is 43.0 Å². The zero-order valence-electron chi connectivity index (χ0n) is 13.6. The molecule has 1 radical (unpaired) electrons. The Labute approximate surface area is 169 Å². The van der Waals surface area contributed by atoms with Gasteiger partial charge in [-0.05, 0) is 0 Å². The second-order valence-electron chi connectivity index (χ2n) is 5.70. The van der Waals surface area contributed by atoms with Crippen LogP contribution in [-0.4, -0.2) is 25.5 Å². The Bertz CT molecular complexity index is 662. The predicted molar refractivity (Wildman–Crippen MR) is 114 cm³/mol. The maximum atomic E-state index is 12.4. The summed E-state index contributed by atoms with van der Waals surface area (Å²) < 4.78 is 8.68. The average molecular weight is 491 g/mol. The molecule has 2 rings (SSSR count). The fourth-order valence-electron chi connectivity index (χ4n) is 2.48. The third-order valence-corrected chi connectivity index (χ3v) is 7.92. The Morgan fingerprint density at radius 2 is 1.92 bits per heavy atom. The van der Waals surface area contributed by atoms with E-state index in [4.69, 9.17) is 12.2 Å². The number of hydrogen-bond acceptors (Lipinski definition) is 4. The first kappa shape index (κ1) is 20.3. The van der Waals surface area contributed by atoms with E-state index in [1.807, 2.05) is 6.07 Å². The molecule has 0 spiro atoms. The van der Waals surface area contributed by atoms with Crippen molar-refractivity contribution >= 4 is 84.0 Å². The Morgan fingerprint density at radius 3 is 2.58 bits per heavy atom. The summed E-state index contributed by atoms with van der Waals surface area (Å²) in [6.07, 6.45) is 7.74. The van der Waals surface area contributed by atoms with Crippen molar-refractivity contribution in [3.05, 3.63) is 18.5 Å². The van der Waals surface area contributed by atoms with Crippen LogP contribution in [0.1, 0.15) is 61.5 Å². The van der Waals surface area contributed by atoms with E-state index in [1.54, 1.807) is 11.3 Å². The van der Waals surface area contributed by atoms with Crippen molar-refractivity contribution in [3.8, 4) is 0 Å². The first-order valence-corrected chi connectivity index (χ1v) is 11.4. The number of carbonyl (C=O) groups is 1. The first-order valence-electron chi connectivity index (χ1n) is 8.20. The summed E-state index contributed by atoms with van der Waals surface area (Å²) in [6, 6.07) is 1.88. The summed E-state index contributed by atoms with van der Waals surface area (Å²) >= 11 is 10.1. The molecule has 7 heteroatoms. The van der Waals surface area contributed by atoms with Crippen molar-refractivity contribution in [1.29, 1.82) is 0 Å². The van der Waals surface area contributed by atoms with E-state index in [-0.39, 0.29) is 12.1 Å². The summed E-state index contributed by atoms with van der Waals surface area (Å²) in [5, 5.41) is 1.05. The van der Waals surface area contributed by atoms with Crippen LogP contribution < -0.4 is 0 Å². The van der Waals surface area contributed by atoms with Crippen LogP contribution in [0.5, 0.6) is 0 Å². The van der Waals surface area contributed by atoms with Gasteiger partial charge < -0.3 is 0 Å². The number of esters is 1. The van der Waals surface area contributed by atoms with E-state index in [9.17, 15) is 4.79 Å². The Hall–Kier alpha value is 0.0249. The topological polar surface area (TPSA) is 26.3 Å². The number of ether oxygens (including phenoxy) is 1. The zero-order chi connectivity index (χ0) is 17.5.